The highest BCUT2D eigenvalue weighted by molar-refractivity contribution is 5.80. The molecule has 1 aliphatic heterocycles. The van der Waals surface area contributed by atoms with Crippen LogP contribution in [0.2, 0.25) is 0 Å². The lowest BCUT2D eigenvalue weighted by Crippen LogP contribution is -2.35. The molecule has 1 atom stereocenters. The minimum absolute atomic E-state index is 0.00650. The van der Waals surface area contributed by atoms with E-state index in [0.717, 1.165) is 25.0 Å². The Morgan fingerprint density at radius 2 is 2.67 bits per heavy atom. The Bertz CT molecular complexity index is 304. The highest BCUT2D eigenvalue weighted by atomic mass is 16.5. The van der Waals surface area contributed by atoms with Gasteiger partial charge < -0.3 is 15.0 Å². The number of hydrogen-bond donors (Lipinski definition) is 2. The smallest absolute Gasteiger partial charge is 0.249 e. The monoisotopic (exact) mass is 209 g/mol. The molecular weight excluding hydrogens is 194 g/mol. The fourth-order valence-corrected chi connectivity index (χ4v) is 1.64. The Morgan fingerprint density at radius 3 is 3.33 bits per heavy atom. The van der Waals surface area contributed by atoms with Crippen LogP contribution < -0.4 is 5.32 Å². The summed E-state index contributed by atoms with van der Waals surface area (Å²) in [5.74, 6) is 0.00650. The topological polar surface area (TPSA) is 67.0 Å². The molecule has 2 rings (SSSR count). The lowest BCUT2D eigenvalue weighted by Gasteiger charge is -2.09. The first-order chi connectivity index (χ1) is 7.36. The zero-order valence-corrected chi connectivity index (χ0v) is 8.53. The van der Waals surface area contributed by atoms with Crippen molar-refractivity contribution in [1.82, 2.24) is 15.3 Å². The third kappa shape index (κ3) is 2.79. The van der Waals surface area contributed by atoms with E-state index >= 15 is 0 Å². The molecule has 1 amide bonds. The van der Waals surface area contributed by atoms with E-state index in [-0.39, 0.29) is 12.0 Å². The molecule has 0 aromatic carbocycles. The van der Waals surface area contributed by atoms with Crippen LogP contribution in [0.15, 0.2) is 12.5 Å². The molecule has 1 fully saturated rings. The number of carbonyl (C=O) groups is 1. The van der Waals surface area contributed by atoms with Gasteiger partial charge in [-0.05, 0) is 12.8 Å². The largest absolute Gasteiger partial charge is 0.368 e. The molecule has 0 aliphatic carbocycles. The molecular formula is C10H15N3O2. The van der Waals surface area contributed by atoms with Gasteiger partial charge in [0, 0.05) is 31.5 Å². The number of nitrogens with zero attached hydrogens (tertiary/aromatic N) is 1. The van der Waals surface area contributed by atoms with E-state index < -0.39 is 0 Å². The van der Waals surface area contributed by atoms with Crippen molar-refractivity contribution in [2.75, 3.05) is 13.2 Å². The van der Waals surface area contributed by atoms with Gasteiger partial charge in [0.25, 0.3) is 0 Å². The summed E-state index contributed by atoms with van der Waals surface area (Å²) in [5.41, 5.74) is 1.03. The average molecular weight is 209 g/mol. The van der Waals surface area contributed by atoms with Gasteiger partial charge in [-0.1, -0.05) is 0 Å². The van der Waals surface area contributed by atoms with Gasteiger partial charge in [-0.3, -0.25) is 4.79 Å². The molecule has 1 unspecified atom stereocenters. The maximum absolute atomic E-state index is 11.5. The van der Waals surface area contributed by atoms with Gasteiger partial charge in [0.2, 0.25) is 5.91 Å². The molecule has 5 nitrogen and oxygen atoms in total. The number of carbonyl (C=O) groups excluding carboxylic acids is 1. The quantitative estimate of drug-likeness (QED) is 0.746. The van der Waals surface area contributed by atoms with Gasteiger partial charge in [-0.15, -0.1) is 0 Å². The van der Waals surface area contributed by atoms with Gasteiger partial charge in [-0.25, -0.2) is 4.98 Å². The van der Waals surface area contributed by atoms with E-state index in [1.54, 1.807) is 12.5 Å². The number of imidazole rings is 1. The predicted octanol–water partition coefficient (Wildman–Crippen LogP) is 0.247. The number of amides is 1. The standard InChI is InChI=1S/C10H15N3O2/c14-10(9-2-1-5-15-9)12-4-3-8-6-11-7-13-8/h6-7,9H,1-5H2,(H,11,13)(H,12,14). The molecule has 1 aliphatic rings. The number of H-pyrrole nitrogens is 1. The van der Waals surface area contributed by atoms with Crippen molar-refractivity contribution in [3.63, 3.8) is 0 Å². The predicted molar refractivity (Wildman–Crippen MR) is 54.3 cm³/mol. The fraction of sp³-hybridized carbons (Fsp3) is 0.600. The first kappa shape index (κ1) is 10.2. The van der Waals surface area contributed by atoms with Crippen LogP contribution >= 0.6 is 0 Å². The molecule has 15 heavy (non-hydrogen) atoms. The second-order valence-corrected chi connectivity index (χ2v) is 3.62. The molecule has 0 radical (unpaired) electrons. The number of aromatic amines is 1. The van der Waals surface area contributed by atoms with Gasteiger partial charge >= 0.3 is 0 Å². The lowest BCUT2D eigenvalue weighted by atomic mass is 10.2. The summed E-state index contributed by atoms with van der Waals surface area (Å²) in [6, 6.07) is 0. The van der Waals surface area contributed by atoms with Gasteiger partial charge in [0.15, 0.2) is 0 Å². The van der Waals surface area contributed by atoms with E-state index in [1.165, 1.54) is 0 Å². The zero-order valence-electron chi connectivity index (χ0n) is 8.53. The van der Waals surface area contributed by atoms with Crippen LogP contribution in [0, 0.1) is 0 Å². The van der Waals surface area contributed by atoms with E-state index in [0.29, 0.717) is 13.2 Å². The molecule has 82 valence electrons. The van der Waals surface area contributed by atoms with Crippen molar-refractivity contribution in [3.05, 3.63) is 18.2 Å². The fourth-order valence-electron chi connectivity index (χ4n) is 1.64. The van der Waals surface area contributed by atoms with Crippen LogP contribution in [-0.4, -0.2) is 35.1 Å². The maximum Gasteiger partial charge on any atom is 0.249 e. The van der Waals surface area contributed by atoms with Gasteiger partial charge in [0.1, 0.15) is 6.10 Å². The first-order valence-corrected chi connectivity index (χ1v) is 5.23. The summed E-state index contributed by atoms with van der Waals surface area (Å²) in [4.78, 5) is 18.4. The molecule has 1 aromatic heterocycles. The summed E-state index contributed by atoms with van der Waals surface area (Å²) in [5, 5.41) is 2.85. The first-order valence-electron chi connectivity index (χ1n) is 5.23. The Hall–Kier alpha value is -1.36. The molecule has 0 spiro atoms. The van der Waals surface area contributed by atoms with Crippen molar-refractivity contribution >= 4 is 5.91 Å². The maximum atomic E-state index is 11.5. The third-order valence-electron chi connectivity index (χ3n) is 2.47. The van der Waals surface area contributed by atoms with E-state index in [4.69, 9.17) is 4.74 Å². The number of hydrogen-bond acceptors (Lipinski definition) is 3. The van der Waals surface area contributed by atoms with Crippen LogP contribution in [0.4, 0.5) is 0 Å². The summed E-state index contributed by atoms with van der Waals surface area (Å²) in [7, 11) is 0. The van der Waals surface area contributed by atoms with Crippen LogP contribution in [0.25, 0.3) is 0 Å². The second-order valence-electron chi connectivity index (χ2n) is 3.62. The molecule has 1 saturated heterocycles. The van der Waals surface area contributed by atoms with E-state index in [1.807, 2.05) is 0 Å². The van der Waals surface area contributed by atoms with Crippen LogP contribution in [0.3, 0.4) is 0 Å². The Kier molecular flexibility index (Phi) is 3.34. The number of aromatic nitrogens is 2. The second kappa shape index (κ2) is 4.93. The minimum Gasteiger partial charge on any atom is -0.368 e. The number of nitrogens with one attached hydrogen (secondary N) is 2. The summed E-state index contributed by atoms with van der Waals surface area (Å²) in [6.07, 6.45) is 5.77. The minimum atomic E-state index is -0.230. The molecule has 2 N–H and O–H groups in total. The van der Waals surface area contributed by atoms with Crippen molar-refractivity contribution < 1.29 is 9.53 Å². The SMILES string of the molecule is O=C(NCCc1cnc[nH]1)C1CCCO1. The van der Waals surface area contributed by atoms with Crippen LogP contribution in [0.1, 0.15) is 18.5 Å². The summed E-state index contributed by atoms with van der Waals surface area (Å²) < 4.78 is 5.27. The zero-order chi connectivity index (χ0) is 10.5. The molecule has 1 aromatic rings. The van der Waals surface area contributed by atoms with Crippen molar-refractivity contribution in [3.8, 4) is 0 Å². The Labute approximate surface area is 88.2 Å². The molecule has 0 saturated carbocycles. The highest BCUT2D eigenvalue weighted by Gasteiger charge is 2.22. The Balaban J connectivity index is 1.67. The van der Waals surface area contributed by atoms with Crippen molar-refractivity contribution in [2.45, 2.75) is 25.4 Å². The van der Waals surface area contributed by atoms with Gasteiger partial charge in [-0.2, -0.15) is 0 Å². The third-order valence-corrected chi connectivity index (χ3v) is 2.47. The number of rotatable bonds is 4. The van der Waals surface area contributed by atoms with Crippen molar-refractivity contribution in [1.29, 1.82) is 0 Å². The molecule has 2 heterocycles. The molecule has 0 bridgehead atoms. The summed E-state index contributed by atoms with van der Waals surface area (Å²) in [6.45, 7) is 1.33. The average Bonchev–Trinajstić information content (AvgIpc) is 2.90. The van der Waals surface area contributed by atoms with Crippen LogP contribution in [0.5, 0.6) is 0 Å². The Morgan fingerprint density at radius 1 is 1.73 bits per heavy atom. The van der Waals surface area contributed by atoms with Crippen LogP contribution in [-0.2, 0) is 16.0 Å². The molecule has 5 heteroatoms. The normalized spacial score (nSPS) is 20.4. The highest BCUT2D eigenvalue weighted by Crippen LogP contribution is 2.11. The number of ether oxygens (including phenoxy) is 1. The van der Waals surface area contributed by atoms with Gasteiger partial charge in [0.05, 0.1) is 6.33 Å². The van der Waals surface area contributed by atoms with E-state index in [2.05, 4.69) is 15.3 Å². The lowest BCUT2D eigenvalue weighted by molar-refractivity contribution is -0.129. The summed E-state index contributed by atoms with van der Waals surface area (Å²) >= 11 is 0. The van der Waals surface area contributed by atoms with E-state index in [9.17, 15) is 4.79 Å². The van der Waals surface area contributed by atoms with Crippen molar-refractivity contribution in [2.24, 2.45) is 0 Å².